The molecular formula is C15H19N3O2. The summed E-state index contributed by atoms with van der Waals surface area (Å²) in [7, 11) is 0. The molecule has 0 aliphatic heterocycles. The predicted octanol–water partition coefficient (Wildman–Crippen LogP) is 2.44. The van der Waals surface area contributed by atoms with E-state index in [1.54, 1.807) is 12.4 Å². The Morgan fingerprint density at radius 3 is 2.85 bits per heavy atom. The molecule has 5 nitrogen and oxygen atoms in total. The largest absolute Gasteiger partial charge is 0.465 e. The van der Waals surface area contributed by atoms with Gasteiger partial charge in [-0.2, -0.15) is 0 Å². The van der Waals surface area contributed by atoms with Gasteiger partial charge in [-0.1, -0.05) is 6.42 Å². The molecule has 0 aromatic carbocycles. The standard InChI is InChI=1S/C15H19N3O2/c1-3-18-12-6-9-16-10-11(12)17-13(18)15(7-5-8-15)14(19)20-4-2/h6,9-10H,3-5,7-8H2,1-2H3. The van der Waals surface area contributed by atoms with E-state index >= 15 is 0 Å². The van der Waals surface area contributed by atoms with Crippen LogP contribution in [0.25, 0.3) is 11.0 Å². The van der Waals surface area contributed by atoms with Gasteiger partial charge in [-0.3, -0.25) is 9.78 Å². The van der Waals surface area contributed by atoms with Crippen LogP contribution in [0.4, 0.5) is 0 Å². The fourth-order valence-corrected chi connectivity index (χ4v) is 2.99. The van der Waals surface area contributed by atoms with Crippen molar-refractivity contribution < 1.29 is 9.53 Å². The minimum atomic E-state index is -0.551. The molecule has 1 aliphatic carbocycles. The number of aryl methyl sites for hydroxylation is 1. The minimum absolute atomic E-state index is 0.135. The first-order valence-electron chi connectivity index (χ1n) is 7.21. The number of aromatic nitrogens is 3. The van der Waals surface area contributed by atoms with Gasteiger partial charge < -0.3 is 9.30 Å². The van der Waals surface area contributed by atoms with Crippen molar-refractivity contribution in [1.29, 1.82) is 0 Å². The molecule has 2 aromatic heterocycles. The van der Waals surface area contributed by atoms with Gasteiger partial charge in [0.25, 0.3) is 0 Å². The maximum atomic E-state index is 12.4. The maximum absolute atomic E-state index is 12.4. The van der Waals surface area contributed by atoms with Crippen LogP contribution in [-0.4, -0.2) is 27.1 Å². The first-order chi connectivity index (χ1) is 9.73. The zero-order valence-electron chi connectivity index (χ0n) is 11.9. The summed E-state index contributed by atoms with van der Waals surface area (Å²) in [4.78, 5) is 21.2. The molecule has 0 radical (unpaired) electrons. The highest BCUT2D eigenvalue weighted by Gasteiger charge is 2.50. The average molecular weight is 273 g/mol. The van der Waals surface area contributed by atoms with Gasteiger partial charge >= 0.3 is 5.97 Å². The topological polar surface area (TPSA) is 57.0 Å². The lowest BCUT2D eigenvalue weighted by atomic mass is 9.68. The molecule has 1 fully saturated rings. The van der Waals surface area contributed by atoms with Crippen molar-refractivity contribution in [3.05, 3.63) is 24.3 Å². The summed E-state index contributed by atoms with van der Waals surface area (Å²) in [5.74, 6) is 0.705. The number of ether oxygens (including phenoxy) is 1. The summed E-state index contributed by atoms with van der Waals surface area (Å²) < 4.78 is 7.41. The van der Waals surface area contributed by atoms with Gasteiger partial charge in [-0.05, 0) is 32.8 Å². The Bertz CT molecular complexity index is 644. The van der Waals surface area contributed by atoms with E-state index in [0.717, 1.165) is 42.7 Å². The molecule has 0 N–H and O–H groups in total. The monoisotopic (exact) mass is 273 g/mol. The summed E-state index contributed by atoms with van der Waals surface area (Å²) in [5, 5.41) is 0. The highest BCUT2D eigenvalue weighted by molar-refractivity contribution is 5.85. The number of imidazole rings is 1. The van der Waals surface area contributed by atoms with Crippen molar-refractivity contribution in [2.24, 2.45) is 0 Å². The van der Waals surface area contributed by atoms with E-state index < -0.39 is 5.41 Å². The first-order valence-corrected chi connectivity index (χ1v) is 7.21. The number of hydrogen-bond acceptors (Lipinski definition) is 4. The van der Waals surface area contributed by atoms with Crippen LogP contribution in [0, 0.1) is 0 Å². The highest BCUT2D eigenvalue weighted by Crippen LogP contribution is 2.45. The molecule has 0 saturated heterocycles. The van der Waals surface area contributed by atoms with Crippen LogP contribution in [0.2, 0.25) is 0 Å². The van der Waals surface area contributed by atoms with Crippen LogP contribution in [0.5, 0.6) is 0 Å². The molecule has 0 bridgehead atoms. The molecule has 2 heterocycles. The number of pyridine rings is 1. The Balaban J connectivity index is 2.14. The summed E-state index contributed by atoms with van der Waals surface area (Å²) in [5.41, 5.74) is 1.33. The average Bonchev–Trinajstić information content (AvgIpc) is 2.76. The van der Waals surface area contributed by atoms with Crippen LogP contribution >= 0.6 is 0 Å². The van der Waals surface area contributed by atoms with Gasteiger partial charge in [-0.15, -0.1) is 0 Å². The van der Waals surface area contributed by atoms with Crippen molar-refractivity contribution in [2.45, 2.75) is 45.1 Å². The Hall–Kier alpha value is -1.91. The minimum Gasteiger partial charge on any atom is -0.465 e. The fourth-order valence-electron chi connectivity index (χ4n) is 2.99. The molecule has 3 rings (SSSR count). The Kier molecular flexibility index (Phi) is 3.20. The number of carbonyl (C=O) groups excluding carboxylic acids is 1. The van der Waals surface area contributed by atoms with Crippen molar-refractivity contribution >= 4 is 17.0 Å². The molecule has 0 unspecified atom stereocenters. The summed E-state index contributed by atoms with van der Waals surface area (Å²) in [6.07, 6.45) is 6.20. The second-order valence-corrected chi connectivity index (χ2v) is 5.20. The fraction of sp³-hybridized carbons (Fsp3) is 0.533. The van der Waals surface area contributed by atoms with Crippen LogP contribution in [0.15, 0.2) is 18.5 Å². The van der Waals surface area contributed by atoms with E-state index in [1.807, 2.05) is 13.0 Å². The molecule has 106 valence electrons. The summed E-state index contributed by atoms with van der Waals surface area (Å²) in [6, 6.07) is 1.95. The van der Waals surface area contributed by atoms with E-state index in [2.05, 4.69) is 21.5 Å². The number of hydrogen-bond donors (Lipinski definition) is 0. The lowest BCUT2D eigenvalue weighted by Gasteiger charge is -2.38. The number of carbonyl (C=O) groups is 1. The third-order valence-electron chi connectivity index (χ3n) is 4.17. The van der Waals surface area contributed by atoms with Gasteiger partial charge in [0.1, 0.15) is 16.8 Å². The molecule has 0 spiro atoms. The lowest BCUT2D eigenvalue weighted by molar-refractivity contribution is -0.154. The van der Waals surface area contributed by atoms with Gasteiger partial charge in [0.05, 0.1) is 18.3 Å². The van der Waals surface area contributed by atoms with E-state index in [0.29, 0.717) is 6.61 Å². The number of rotatable bonds is 4. The zero-order chi connectivity index (χ0) is 14.2. The van der Waals surface area contributed by atoms with Gasteiger partial charge in [0.15, 0.2) is 0 Å². The second kappa shape index (κ2) is 4.89. The van der Waals surface area contributed by atoms with Crippen LogP contribution in [0.3, 0.4) is 0 Å². The SMILES string of the molecule is CCOC(=O)C1(c2nc3cnccc3n2CC)CCC1. The zero-order valence-corrected chi connectivity index (χ0v) is 11.9. The molecule has 20 heavy (non-hydrogen) atoms. The van der Waals surface area contributed by atoms with E-state index in [9.17, 15) is 4.79 Å². The third-order valence-corrected chi connectivity index (χ3v) is 4.17. The number of fused-ring (bicyclic) bond motifs is 1. The smallest absolute Gasteiger partial charge is 0.319 e. The summed E-state index contributed by atoms with van der Waals surface area (Å²) >= 11 is 0. The summed E-state index contributed by atoms with van der Waals surface area (Å²) in [6.45, 7) is 5.12. The van der Waals surface area contributed by atoms with Crippen LogP contribution in [0.1, 0.15) is 38.9 Å². The second-order valence-electron chi connectivity index (χ2n) is 5.20. The molecule has 1 aliphatic rings. The van der Waals surface area contributed by atoms with Crippen molar-refractivity contribution in [3.8, 4) is 0 Å². The molecule has 5 heteroatoms. The third kappa shape index (κ3) is 1.72. The van der Waals surface area contributed by atoms with Crippen molar-refractivity contribution in [1.82, 2.24) is 14.5 Å². The van der Waals surface area contributed by atoms with Crippen LogP contribution in [-0.2, 0) is 21.5 Å². The van der Waals surface area contributed by atoms with E-state index in [-0.39, 0.29) is 5.97 Å². The van der Waals surface area contributed by atoms with Crippen molar-refractivity contribution in [3.63, 3.8) is 0 Å². The van der Waals surface area contributed by atoms with Gasteiger partial charge in [0, 0.05) is 12.7 Å². The Morgan fingerprint density at radius 2 is 2.25 bits per heavy atom. The predicted molar refractivity (Wildman–Crippen MR) is 75.4 cm³/mol. The molecule has 1 saturated carbocycles. The molecule has 0 atom stereocenters. The Labute approximate surface area is 118 Å². The van der Waals surface area contributed by atoms with E-state index in [4.69, 9.17) is 4.74 Å². The quantitative estimate of drug-likeness (QED) is 0.803. The lowest BCUT2D eigenvalue weighted by Crippen LogP contribution is -2.45. The Morgan fingerprint density at radius 1 is 1.45 bits per heavy atom. The van der Waals surface area contributed by atoms with Crippen LogP contribution < -0.4 is 0 Å². The first kappa shape index (κ1) is 13.1. The van der Waals surface area contributed by atoms with Crippen molar-refractivity contribution in [2.75, 3.05) is 6.61 Å². The van der Waals surface area contributed by atoms with Gasteiger partial charge in [-0.25, -0.2) is 4.98 Å². The van der Waals surface area contributed by atoms with E-state index in [1.165, 1.54) is 0 Å². The van der Waals surface area contributed by atoms with Gasteiger partial charge in [0.2, 0.25) is 0 Å². The highest BCUT2D eigenvalue weighted by atomic mass is 16.5. The molecular weight excluding hydrogens is 254 g/mol. The molecule has 2 aromatic rings. The molecule has 0 amide bonds. The number of nitrogens with zero attached hydrogens (tertiary/aromatic N) is 3. The number of esters is 1. The normalized spacial score (nSPS) is 16.9. The maximum Gasteiger partial charge on any atom is 0.319 e.